The molecule has 0 spiro atoms. The molecule has 162 valence electrons. The summed E-state index contributed by atoms with van der Waals surface area (Å²) in [4.78, 5) is 13.5. The van der Waals surface area contributed by atoms with Crippen molar-refractivity contribution in [3.05, 3.63) is 59.2 Å². The van der Waals surface area contributed by atoms with Crippen molar-refractivity contribution < 1.29 is 32.5 Å². The Balaban J connectivity index is 2.14. The van der Waals surface area contributed by atoms with E-state index in [1.807, 2.05) is 4.90 Å². The third kappa shape index (κ3) is 4.70. The molecule has 30 heavy (non-hydrogen) atoms. The maximum atomic E-state index is 13.4. The summed E-state index contributed by atoms with van der Waals surface area (Å²) in [5.74, 6) is -0.450. The van der Waals surface area contributed by atoms with Crippen LogP contribution in [-0.4, -0.2) is 43.3 Å². The minimum Gasteiger partial charge on any atom is -0.497 e. The summed E-state index contributed by atoms with van der Waals surface area (Å²) in [5, 5.41) is 9.49. The molecule has 1 aliphatic rings. The molecule has 0 radical (unpaired) electrons. The monoisotopic (exact) mass is 423 g/mol. The van der Waals surface area contributed by atoms with Crippen LogP contribution in [0.2, 0.25) is 0 Å². The summed E-state index contributed by atoms with van der Waals surface area (Å²) >= 11 is 0. The summed E-state index contributed by atoms with van der Waals surface area (Å²) < 4.78 is 50.9. The van der Waals surface area contributed by atoms with Crippen LogP contribution in [0, 0.1) is 5.92 Å². The highest BCUT2D eigenvalue weighted by molar-refractivity contribution is 5.70. The minimum atomic E-state index is -4.48. The van der Waals surface area contributed by atoms with E-state index in [2.05, 4.69) is 0 Å². The number of piperidine rings is 1. The highest BCUT2D eigenvalue weighted by Crippen LogP contribution is 2.40. The fourth-order valence-corrected chi connectivity index (χ4v) is 3.97. The van der Waals surface area contributed by atoms with Gasteiger partial charge in [-0.05, 0) is 55.3 Å². The van der Waals surface area contributed by atoms with Crippen molar-refractivity contribution in [2.75, 3.05) is 27.3 Å². The number of likely N-dealkylation sites (tertiary alicyclic amines) is 1. The second kappa shape index (κ2) is 8.95. The second-order valence-electron chi connectivity index (χ2n) is 7.31. The van der Waals surface area contributed by atoms with E-state index in [0.29, 0.717) is 42.0 Å². The molecular weight excluding hydrogens is 399 g/mol. The number of nitrogens with zero attached hydrogens (tertiary/aromatic N) is 1. The maximum Gasteiger partial charge on any atom is 0.416 e. The van der Waals surface area contributed by atoms with E-state index in [9.17, 15) is 23.1 Å². The Bertz CT molecular complexity index is 900. The average molecular weight is 423 g/mol. The molecule has 8 heteroatoms. The van der Waals surface area contributed by atoms with Crippen LogP contribution in [-0.2, 0) is 11.0 Å². The van der Waals surface area contributed by atoms with Crippen LogP contribution in [0.4, 0.5) is 13.2 Å². The lowest BCUT2D eigenvalue weighted by molar-refractivity contribution is -0.143. The zero-order valence-electron chi connectivity index (χ0n) is 16.8. The summed E-state index contributed by atoms with van der Waals surface area (Å²) in [5.41, 5.74) is 0.295. The molecule has 3 rings (SSSR count). The number of halogens is 3. The number of carboxylic acid groups (broad SMARTS) is 1. The van der Waals surface area contributed by atoms with Gasteiger partial charge >= 0.3 is 12.1 Å². The Labute approximate surface area is 173 Å². The molecule has 1 N–H and O–H groups in total. The van der Waals surface area contributed by atoms with Crippen LogP contribution in [0.3, 0.4) is 0 Å². The lowest BCUT2D eigenvalue weighted by Gasteiger charge is -2.38. The molecule has 1 aliphatic heterocycles. The van der Waals surface area contributed by atoms with Crippen molar-refractivity contribution in [3.63, 3.8) is 0 Å². The molecule has 1 fully saturated rings. The Kier molecular flexibility index (Phi) is 6.55. The molecule has 2 atom stereocenters. The van der Waals surface area contributed by atoms with Gasteiger partial charge in [0.25, 0.3) is 0 Å². The minimum absolute atomic E-state index is 0.233. The fraction of sp³-hybridized carbons (Fsp3) is 0.409. The molecule has 2 aromatic carbocycles. The summed E-state index contributed by atoms with van der Waals surface area (Å²) in [7, 11) is 3.00. The highest BCUT2D eigenvalue weighted by atomic mass is 19.4. The first-order valence-electron chi connectivity index (χ1n) is 9.60. The van der Waals surface area contributed by atoms with Gasteiger partial charge < -0.3 is 14.6 Å². The Morgan fingerprint density at radius 3 is 2.57 bits per heavy atom. The van der Waals surface area contributed by atoms with Crippen molar-refractivity contribution in [1.82, 2.24) is 4.90 Å². The van der Waals surface area contributed by atoms with Crippen LogP contribution in [0.15, 0.2) is 42.5 Å². The number of aliphatic carboxylic acids is 1. The fourth-order valence-electron chi connectivity index (χ4n) is 3.97. The van der Waals surface area contributed by atoms with Gasteiger partial charge in [-0.1, -0.05) is 12.1 Å². The number of carbonyl (C=O) groups is 1. The average Bonchev–Trinajstić information content (AvgIpc) is 2.73. The molecule has 0 amide bonds. The van der Waals surface area contributed by atoms with Gasteiger partial charge in [0.1, 0.15) is 11.5 Å². The third-order valence-electron chi connectivity index (χ3n) is 5.43. The Hall–Kier alpha value is -2.74. The van der Waals surface area contributed by atoms with E-state index in [1.54, 1.807) is 24.3 Å². The number of benzene rings is 2. The predicted octanol–water partition coefficient (Wildman–Crippen LogP) is 4.61. The molecule has 0 bridgehead atoms. The normalized spacial score (nSPS) is 18.6. The van der Waals surface area contributed by atoms with Crippen LogP contribution in [0.5, 0.6) is 11.5 Å². The largest absolute Gasteiger partial charge is 0.497 e. The van der Waals surface area contributed by atoms with Gasteiger partial charge in [-0.3, -0.25) is 9.69 Å². The van der Waals surface area contributed by atoms with Crippen LogP contribution in [0.25, 0.3) is 0 Å². The van der Waals surface area contributed by atoms with Crippen molar-refractivity contribution in [3.8, 4) is 11.5 Å². The van der Waals surface area contributed by atoms with Gasteiger partial charge in [0, 0.05) is 12.1 Å². The molecule has 0 aromatic heterocycles. The van der Waals surface area contributed by atoms with Gasteiger partial charge in [0.15, 0.2) is 0 Å². The van der Waals surface area contributed by atoms with E-state index < -0.39 is 29.7 Å². The maximum absolute atomic E-state index is 13.4. The SMILES string of the molecule is COc1ccc(OC)c(C(c2cccc(C(F)(F)F)c2)N2CCCC(C(=O)O)C2)c1. The van der Waals surface area contributed by atoms with E-state index in [-0.39, 0.29) is 6.54 Å². The highest BCUT2D eigenvalue weighted by Gasteiger charge is 2.35. The van der Waals surface area contributed by atoms with Crippen LogP contribution in [0.1, 0.15) is 35.6 Å². The van der Waals surface area contributed by atoms with Crippen LogP contribution >= 0.6 is 0 Å². The van der Waals surface area contributed by atoms with E-state index in [1.165, 1.54) is 20.3 Å². The third-order valence-corrected chi connectivity index (χ3v) is 5.43. The van der Waals surface area contributed by atoms with Gasteiger partial charge in [-0.15, -0.1) is 0 Å². The number of hydrogen-bond donors (Lipinski definition) is 1. The molecule has 2 unspecified atom stereocenters. The molecule has 0 saturated carbocycles. The number of alkyl halides is 3. The van der Waals surface area contributed by atoms with Crippen LogP contribution < -0.4 is 9.47 Å². The lowest BCUT2D eigenvalue weighted by atomic mass is 9.90. The molecule has 2 aromatic rings. The Morgan fingerprint density at radius 1 is 1.17 bits per heavy atom. The lowest BCUT2D eigenvalue weighted by Crippen LogP contribution is -2.41. The predicted molar refractivity (Wildman–Crippen MR) is 105 cm³/mol. The smallest absolute Gasteiger partial charge is 0.416 e. The van der Waals surface area contributed by atoms with E-state index in [4.69, 9.17) is 9.47 Å². The van der Waals surface area contributed by atoms with Gasteiger partial charge in [-0.2, -0.15) is 13.2 Å². The molecule has 0 aliphatic carbocycles. The zero-order valence-corrected chi connectivity index (χ0v) is 16.8. The molecule has 1 saturated heterocycles. The molecule has 5 nitrogen and oxygen atoms in total. The Morgan fingerprint density at radius 2 is 1.93 bits per heavy atom. The summed E-state index contributed by atoms with van der Waals surface area (Å²) in [6, 6.07) is 9.68. The standard InChI is InChI=1S/C22H24F3NO4/c1-29-17-8-9-19(30-2)18(12-17)20(26-10-4-6-15(13-26)21(27)28)14-5-3-7-16(11-14)22(23,24)25/h3,5,7-9,11-12,15,20H,4,6,10,13H2,1-2H3,(H,27,28). The van der Waals surface area contributed by atoms with Gasteiger partial charge in [-0.25, -0.2) is 0 Å². The van der Waals surface area contributed by atoms with Gasteiger partial charge in [0.05, 0.1) is 31.7 Å². The number of carboxylic acids is 1. The first-order chi connectivity index (χ1) is 14.2. The van der Waals surface area contributed by atoms with Crippen molar-refractivity contribution in [2.24, 2.45) is 5.92 Å². The number of hydrogen-bond acceptors (Lipinski definition) is 4. The first kappa shape index (κ1) is 22.0. The summed E-state index contributed by atoms with van der Waals surface area (Å²) in [6.07, 6.45) is -3.31. The zero-order chi connectivity index (χ0) is 21.9. The van der Waals surface area contributed by atoms with Crippen molar-refractivity contribution in [1.29, 1.82) is 0 Å². The quantitative estimate of drug-likeness (QED) is 0.736. The first-order valence-corrected chi connectivity index (χ1v) is 9.60. The number of methoxy groups -OCH3 is 2. The van der Waals surface area contributed by atoms with E-state index in [0.717, 1.165) is 12.1 Å². The topological polar surface area (TPSA) is 59.0 Å². The molecule has 1 heterocycles. The van der Waals surface area contributed by atoms with Gasteiger partial charge in [0.2, 0.25) is 0 Å². The van der Waals surface area contributed by atoms with Crippen molar-refractivity contribution >= 4 is 5.97 Å². The number of ether oxygens (including phenoxy) is 2. The van der Waals surface area contributed by atoms with Crippen molar-refractivity contribution in [2.45, 2.75) is 25.1 Å². The number of rotatable bonds is 6. The van der Waals surface area contributed by atoms with E-state index >= 15 is 0 Å². The summed E-state index contributed by atoms with van der Waals surface area (Å²) in [6.45, 7) is 0.793. The second-order valence-corrected chi connectivity index (χ2v) is 7.31. The molecular formula is C22H24F3NO4.